The number of hydrogen-bond acceptors (Lipinski definition) is 4. The molecule has 0 spiro atoms. The summed E-state index contributed by atoms with van der Waals surface area (Å²) in [5, 5.41) is 2.78. The molecule has 2 amide bonds. The molecule has 0 saturated carbocycles. The van der Waals surface area contributed by atoms with Gasteiger partial charge in [0.15, 0.2) is 0 Å². The predicted octanol–water partition coefficient (Wildman–Crippen LogP) is 1.60. The molecule has 1 aliphatic rings. The monoisotopic (exact) mass is 333 g/mol. The summed E-state index contributed by atoms with van der Waals surface area (Å²) < 4.78 is 5.40. The molecule has 0 radical (unpaired) electrons. The first-order valence-corrected chi connectivity index (χ1v) is 8.61. The van der Waals surface area contributed by atoms with Crippen molar-refractivity contribution in [3.05, 3.63) is 29.8 Å². The summed E-state index contributed by atoms with van der Waals surface area (Å²) in [4.78, 5) is 26.3. The Morgan fingerprint density at radius 1 is 1.33 bits per heavy atom. The maximum atomic E-state index is 12.4. The molecular weight excluding hydrogens is 306 g/mol. The van der Waals surface area contributed by atoms with Crippen LogP contribution in [0, 0.1) is 0 Å². The molecule has 1 fully saturated rings. The van der Waals surface area contributed by atoms with E-state index in [4.69, 9.17) is 10.5 Å². The van der Waals surface area contributed by atoms with Crippen molar-refractivity contribution in [3.63, 3.8) is 0 Å². The number of benzene rings is 1. The highest BCUT2D eigenvalue weighted by Gasteiger charge is 2.30. The number of hydrogen-bond donors (Lipinski definition) is 2. The molecule has 0 aliphatic carbocycles. The molecule has 2 rings (SSSR count). The first-order valence-electron chi connectivity index (χ1n) is 8.61. The molecule has 24 heavy (non-hydrogen) atoms. The second-order valence-corrected chi connectivity index (χ2v) is 6.08. The van der Waals surface area contributed by atoms with E-state index in [1.54, 1.807) is 4.90 Å². The minimum Gasteiger partial charge on any atom is -0.494 e. The van der Waals surface area contributed by atoms with Gasteiger partial charge in [-0.05, 0) is 50.8 Å². The molecule has 6 heteroatoms. The van der Waals surface area contributed by atoms with Gasteiger partial charge in [0.25, 0.3) is 0 Å². The molecular formula is C18H27N3O3. The Bertz CT molecular complexity index is 559. The summed E-state index contributed by atoms with van der Waals surface area (Å²) in [7, 11) is 0. The van der Waals surface area contributed by atoms with Gasteiger partial charge in [0, 0.05) is 19.1 Å². The van der Waals surface area contributed by atoms with Gasteiger partial charge in [-0.15, -0.1) is 0 Å². The Morgan fingerprint density at radius 3 is 2.67 bits per heavy atom. The largest absolute Gasteiger partial charge is 0.494 e. The molecule has 1 aliphatic heterocycles. The second kappa shape index (κ2) is 8.68. The van der Waals surface area contributed by atoms with Crippen LogP contribution >= 0.6 is 0 Å². The Labute approximate surface area is 143 Å². The van der Waals surface area contributed by atoms with E-state index >= 15 is 0 Å². The second-order valence-electron chi connectivity index (χ2n) is 6.08. The molecule has 1 aromatic rings. The van der Waals surface area contributed by atoms with Crippen molar-refractivity contribution < 1.29 is 14.3 Å². The van der Waals surface area contributed by atoms with Gasteiger partial charge < -0.3 is 20.7 Å². The maximum Gasteiger partial charge on any atom is 0.312 e. The first-order chi connectivity index (χ1) is 11.6. The lowest BCUT2D eigenvalue weighted by Crippen LogP contribution is -2.52. The molecule has 1 saturated heterocycles. The van der Waals surface area contributed by atoms with E-state index in [9.17, 15) is 9.59 Å². The van der Waals surface area contributed by atoms with E-state index in [1.807, 2.05) is 38.1 Å². The minimum atomic E-state index is -0.572. The van der Waals surface area contributed by atoms with Crippen molar-refractivity contribution in [1.82, 2.24) is 10.2 Å². The highest BCUT2D eigenvalue weighted by atomic mass is 16.5. The van der Waals surface area contributed by atoms with Gasteiger partial charge in [0.05, 0.1) is 12.6 Å². The summed E-state index contributed by atoms with van der Waals surface area (Å²) in [6, 6.07) is 7.22. The Morgan fingerprint density at radius 2 is 2.04 bits per heavy atom. The number of carbonyl (C=O) groups excluding carboxylic acids is 2. The van der Waals surface area contributed by atoms with Crippen LogP contribution in [0.5, 0.6) is 5.75 Å². The van der Waals surface area contributed by atoms with E-state index in [2.05, 4.69) is 5.32 Å². The van der Waals surface area contributed by atoms with Crippen LogP contribution < -0.4 is 15.8 Å². The molecule has 1 unspecified atom stereocenters. The number of nitrogens with one attached hydrogen (secondary N) is 1. The average Bonchev–Trinajstić information content (AvgIpc) is 2.61. The van der Waals surface area contributed by atoms with Gasteiger partial charge in [0.1, 0.15) is 5.75 Å². The quantitative estimate of drug-likeness (QED) is 0.802. The molecule has 3 N–H and O–H groups in total. The third-order valence-electron chi connectivity index (χ3n) is 4.39. The van der Waals surface area contributed by atoms with Crippen LogP contribution in [0.15, 0.2) is 24.3 Å². The summed E-state index contributed by atoms with van der Waals surface area (Å²) >= 11 is 0. The van der Waals surface area contributed by atoms with Crippen molar-refractivity contribution >= 4 is 11.8 Å². The van der Waals surface area contributed by atoms with Crippen LogP contribution in [0.3, 0.4) is 0 Å². The van der Waals surface area contributed by atoms with E-state index in [1.165, 1.54) is 0 Å². The zero-order valence-corrected chi connectivity index (χ0v) is 14.5. The SMILES string of the molecule is CCOc1ccc([C@@H](C)NC(=O)C(=O)N2CCCCC2CN)cc1. The highest BCUT2D eigenvalue weighted by Crippen LogP contribution is 2.19. The topological polar surface area (TPSA) is 84.7 Å². The van der Waals surface area contributed by atoms with Crippen LogP contribution in [0.25, 0.3) is 0 Å². The fourth-order valence-corrected chi connectivity index (χ4v) is 3.00. The van der Waals surface area contributed by atoms with E-state index < -0.39 is 11.8 Å². The van der Waals surface area contributed by atoms with Gasteiger partial charge in [-0.3, -0.25) is 9.59 Å². The first kappa shape index (κ1) is 18.3. The molecule has 1 aromatic carbocycles. The zero-order chi connectivity index (χ0) is 17.5. The number of nitrogens with zero attached hydrogens (tertiary/aromatic N) is 1. The number of likely N-dealkylation sites (tertiary alicyclic amines) is 1. The molecule has 0 bridgehead atoms. The number of amides is 2. The van der Waals surface area contributed by atoms with Crippen LogP contribution in [-0.4, -0.2) is 42.5 Å². The summed E-state index contributed by atoms with van der Waals surface area (Å²) in [5.41, 5.74) is 6.65. The van der Waals surface area contributed by atoms with Crippen LogP contribution in [-0.2, 0) is 9.59 Å². The Balaban J connectivity index is 1.95. The van der Waals surface area contributed by atoms with Gasteiger partial charge >= 0.3 is 11.8 Å². The third kappa shape index (κ3) is 4.47. The van der Waals surface area contributed by atoms with Crippen molar-refractivity contribution in [3.8, 4) is 5.75 Å². The van der Waals surface area contributed by atoms with Crippen LogP contribution in [0.1, 0.15) is 44.7 Å². The number of rotatable bonds is 5. The average molecular weight is 333 g/mol. The van der Waals surface area contributed by atoms with Gasteiger partial charge in [-0.2, -0.15) is 0 Å². The molecule has 0 aromatic heterocycles. The van der Waals surface area contributed by atoms with Crippen molar-refractivity contribution in [2.24, 2.45) is 5.73 Å². The van der Waals surface area contributed by atoms with Gasteiger partial charge in [-0.1, -0.05) is 12.1 Å². The molecule has 1 heterocycles. The van der Waals surface area contributed by atoms with E-state index in [-0.39, 0.29) is 12.1 Å². The summed E-state index contributed by atoms with van der Waals surface area (Å²) in [6.45, 7) is 5.40. The summed E-state index contributed by atoms with van der Waals surface area (Å²) in [6.07, 6.45) is 2.84. The zero-order valence-electron chi connectivity index (χ0n) is 14.5. The number of nitrogens with two attached hydrogens (primary N) is 1. The fourth-order valence-electron chi connectivity index (χ4n) is 3.00. The van der Waals surface area contributed by atoms with Gasteiger partial charge in [-0.25, -0.2) is 0 Å². The smallest absolute Gasteiger partial charge is 0.312 e. The minimum absolute atomic E-state index is 0.0298. The maximum absolute atomic E-state index is 12.4. The number of piperidine rings is 1. The van der Waals surface area contributed by atoms with E-state index in [0.717, 1.165) is 30.6 Å². The Hall–Kier alpha value is -2.08. The lowest BCUT2D eigenvalue weighted by atomic mass is 10.0. The van der Waals surface area contributed by atoms with E-state index in [0.29, 0.717) is 19.7 Å². The number of ether oxygens (including phenoxy) is 1. The fraction of sp³-hybridized carbons (Fsp3) is 0.556. The van der Waals surface area contributed by atoms with Crippen LogP contribution in [0.2, 0.25) is 0 Å². The van der Waals surface area contributed by atoms with Crippen molar-refractivity contribution in [2.75, 3.05) is 19.7 Å². The van der Waals surface area contributed by atoms with Crippen molar-refractivity contribution in [1.29, 1.82) is 0 Å². The Kier molecular flexibility index (Phi) is 6.61. The van der Waals surface area contributed by atoms with Crippen LogP contribution in [0.4, 0.5) is 0 Å². The van der Waals surface area contributed by atoms with Crippen molar-refractivity contribution in [2.45, 2.75) is 45.2 Å². The predicted molar refractivity (Wildman–Crippen MR) is 92.6 cm³/mol. The summed E-state index contributed by atoms with van der Waals surface area (Å²) in [5.74, 6) is -0.269. The molecule has 2 atom stereocenters. The normalized spacial score (nSPS) is 18.8. The molecule has 6 nitrogen and oxygen atoms in total. The highest BCUT2D eigenvalue weighted by molar-refractivity contribution is 6.35. The third-order valence-corrected chi connectivity index (χ3v) is 4.39. The van der Waals surface area contributed by atoms with Gasteiger partial charge in [0.2, 0.25) is 0 Å². The lowest BCUT2D eigenvalue weighted by Gasteiger charge is -2.34. The standard InChI is InChI=1S/C18H27N3O3/c1-3-24-16-9-7-14(8-10-16)13(2)20-17(22)18(23)21-11-5-4-6-15(21)12-19/h7-10,13,15H,3-6,11-12,19H2,1-2H3,(H,20,22)/t13-,15?/m1/s1. The lowest BCUT2D eigenvalue weighted by molar-refractivity contribution is -0.148. The number of carbonyl (C=O) groups is 2. The molecule has 132 valence electrons.